The summed E-state index contributed by atoms with van der Waals surface area (Å²) in [5.41, 5.74) is 0. The lowest BCUT2D eigenvalue weighted by Crippen LogP contribution is -2.46. The third-order valence-electron chi connectivity index (χ3n) is 2.45. The number of nitrogens with zero attached hydrogens (tertiary/aromatic N) is 1. The number of aromatic amines is 1. The number of hydrogen-bond donors (Lipinski definition) is 5. The van der Waals surface area contributed by atoms with Crippen LogP contribution in [0.25, 0.3) is 0 Å². The highest BCUT2D eigenvalue weighted by Crippen LogP contribution is 1.98. The molecule has 1 rings (SSSR count). The Bertz CT molecular complexity index is 459. The molecule has 0 aliphatic heterocycles. The van der Waals surface area contributed by atoms with Crippen LogP contribution in [-0.4, -0.2) is 50.7 Å². The number of amides is 2. The SMILES string of the molecule is O=C(O)CC[C@H](NC(=O)NCCc1ncc[nH]1)C(=O)O. The van der Waals surface area contributed by atoms with Crippen molar-refractivity contribution >= 4 is 18.0 Å². The highest BCUT2D eigenvalue weighted by atomic mass is 16.4. The third-order valence-corrected chi connectivity index (χ3v) is 2.45. The largest absolute Gasteiger partial charge is 0.481 e. The first-order valence-corrected chi connectivity index (χ1v) is 5.96. The van der Waals surface area contributed by atoms with Gasteiger partial charge in [0.1, 0.15) is 11.9 Å². The van der Waals surface area contributed by atoms with Gasteiger partial charge in [-0.2, -0.15) is 0 Å². The van der Waals surface area contributed by atoms with Gasteiger partial charge in [-0.05, 0) is 6.42 Å². The molecular weight excluding hydrogens is 268 g/mol. The Hall–Kier alpha value is -2.58. The van der Waals surface area contributed by atoms with Gasteiger partial charge in [0.2, 0.25) is 0 Å². The molecule has 0 aliphatic carbocycles. The first kappa shape index (κ1) is 15.5. The number of H-pyrrole nitrogens is 1. The zero-order valence-corrected chi connectivity index (χ0v) is 10.6. The van der Waals surface area contributed by atoms with Crippen molar-refractivity contribution in [3.05, 3.63) is 18.2 Å². The van der Waals surface area contributed by atoms with Gasteiger partial charge in [-0.1, -0.05) is 0 Å². The van der Waals surface area contributed by atoms with Crippen molar-refractivity contribution < 1.29 is 24.6 Å². The third kappa shape index (κ3) is 5.85. The van der Waals surface area contributed by atoms with E-state index < -0.39 is 24.0 Å². The van der Waals surface area contributed by atoms with E-state index in [4.69, 9.17) is 10.2 Å². The highest BCUT2D eigenvalue weighted by molar-refractivity contribution is 5.82. The number of urea groups is 1. The summed E-state index contributed by atoms with van der Waals surface area (Å²) in [5.74, 6) is -1.69. The Kier molecular flexibility index (Phi) is 6.01. The van der Waals surface area contributed by atoms with E-state index in [1.165, 1.54) is 0 Å². The van der Waals surface area contributed by atoms with Crippen LogP contribution in [0.1, 0.15) is 18.7 Å². The minimum absolute atomic E-state index is 0.170. The van der Waals surface area contributed by atoms with Gasteiger partial charge in [0, 0.05) is 31.8 Å². The van der Waals surface area contributed by atoms with Gasteiger partial charge in [0.25, 0.3) is 0 Å². The molecule has 20 heavy (non-hydrogen) atoms. The molecule has 0 saturated heterocycles. The number of carboxylic acids is 2. The van der Waals surface area contributed by atoms with E-state index in [1.807, 2.05) is 0 Å². The first-order chi connectivity index (χ1) is 9.49. The summed E-state index contributed by atoms with van der Waals surface area (Å²) < 4.78 is 0. The number of nitrogens with one attached hydrogen (secondary N) is 3. The van der Waals surface area contributed by atoms with Crippen LogP contribution in [0.5, 0.6) is 0 Å². The summed E-state index contributed by atoms with van der Waals surface area (Å²) in [6.07, 6.45) is 3.22. The smallest absolute Gasteiger partial charge is 0.326 e. The number of rotatable bonds is 8. The second kappa shape index (κ2) is 7.77. The Balaban J connectivity index is 2.30. The van der Waals surface area contributed by atoms with Crippen LogP contribution in [0.15, 0.2) is 12.4 Å². The molecular formula is C11H16N4O5. The molecule has 0 fully saturated rings. The van der Waals surface area contributed by atoms with Gasteiger partial charge in [-0.15, -0.1) is 0 Å². The van der Waals surface area contributed by atoms with E-state index in [-0.39, 0.29) is 19.4 Å². The van der Waals surface area contributed by atoms with Gasteiger partial charge in [0.05, 0.1) is 0 Å². The van der Waals surface area contributed by atoms with Crippen molar-refractivity contribution in [2.75, 3.05) is 6.54 Å². The molecule has 0 saturated carbocycles. The van der Waals surface area contributed by atoms with Crippen molar-refractivity contribution in [3.8, 4) is 0 Å². The van der Waals surface area contributed by atoms with Gasteiger partial charge >= 0.3 is 18.0 Å². The fourth-order valence-corrected chi connectivity index (χ4v) is 1.46. The molecule has 110 valence electrons. The zero-order valence-electron chi connectivity index (χ0n) is 10.6. The summed E-state index contributed by atoms with van der Waals surface area (Å²) in [6, 6.07) is -1.89. The molecule has 0 spiro atoms. The number of carboxylic acid groups (broad SMARTS) is 2. The number of aromatic nitrogens is 2. The van der Waals surface area contributed by atoms with Gasteiger partial charge in [-0.25, -0.2) is 14.6 Å². The van der Waals surface area contributed by atoms with Crippen molar-refractivity contribution in [2.45, 2.75) is 25.3 Å². The maximum atomic E-state index is 11.5. The molecule has 0 unspecified atom stereocenters. The molecule has 0 aliphatic rings. The molecule has 5 N–H and O–H groups in total. The number of aliphatic carboxylic acids is 2. The molecule has 0 bridgehead atoms. The van der Waals surface area contributed by atoms with E-state index in [0.29, 0.717) is 12.2 Å². The molecule has 1 heterocycles. The summed E-state index contributed by atoms with van der Waals surface area (Å²) in [6.45, 7) is 0.282. The molecule has 2 amide bonds. The van der Waals surface area contributed by atoms with E-state index >= 15 is 0 Å². The van der Waals surface area contributed by atoms with Crippen molar-refractivity contribution in [1.29, 1.82) is 0 Å². The zero-order chi connectivity index (χ0) is 15.0. The average Bonchev–Trinajstić information content (AvgIpc) is 2.87. The minimum Gasteiger partial charge on any atom is -0.481 e. The predicted octanol–water partition coefficient (Wildman–Crippen LogP) is -0.431. The first-order valence-electron chi connectivity index (χ1n) is 5.96. The normalized spacial score (nSPS) is 11.6. The van der Waals surface area contributed by atoms with Crippen LogP contribution in [0.2, 0.25) is 0 Å². The second-order valence-corrected chi connectivity index (χ2v) is 4.01. The van der Waals surface area contributed by atoms with Crippen molar-refractivity contribution in [1.82, 2.24) is 20.6 Å². The highest BCUT2D eigenvalue weighted by Gasteiger charge is 2.20. The van der Waals surface area contributed by atoms with Crippen LogP contribution in [-0.2, 0) is 16.0 Å². The Morgan fingerprint density at radius 2 is 2.10 bits per heavy atom. The van der Waals surface area contributed by atoms with E-state index in [2.05, 4.69) is 20.6 Å². The maximum absolute atomic E-state index is 11.5. The molecule has 1 aromatic rings. The summed E-state index contributed by atoms with van der Waals surface area (Å²) in [7, 11) is 0. The minimum atomic E-state index is -1.27. The lowest BCUT2D eigenvalue weighted by molar-refractivity contribution is -0.140. The lowest BCUT2D eigenvalue weighted by Gasteiger charge is -2.14. The summed E-state index contributed by atoms with van der Waals surface area (Å²) >= 11 is 0. The van der Waals surface area contributed by atoms with Crippen LogP contribution >= 0.6 is 0 Å². The molecule has 9 nitrogen and oxygen atoms in total. The molecule has 1 aromatic heterocycles. The lowest BCUT2D eigenvalue weighted by atomic mass is 10.1. The average molecular weight is 284 g/mol. The van der Waals surface area contributed by atoms with E-state index in [0.717, 1.165) is 0 Å². The van der Waals surface area contributed by atoms with Crippen LogP contribution < -0.4 is 10.6 Å². The maximum Gasteiger partial charge on any atom is 0.326 e. The second-order valence-electron chi connectivity index (χ2n) is 4.01. The van der Waals surface area contributed by atoms with Crippen LogP contribution in [0.4, 0.5) is 4.79 Å². The van der Waals surface area contributed by atoms with Crippen molar-refractivity contribution in [3.63, 3.8) is 0 Å². The molecule has 1 atom stereocenters. The standard InChI is InChI=1S/C11H16N4O5/c16-9(17)2-1-7(10(18)19)15-11(20)14-4-3-8-12-5-6-13-8/h5-7H,1-4H2,(H,12,13)(H,16,17)(H,18,19)(H2,14,15,20)/t7-/m0/s1. The van der Waals surface area contributed by atoms with Crippen molar-refractivity contribution in [2.24, 2.45) is 0 Å². The topological polar surface area (TPSA) is 144 Å². The Morgan fingerprint density at radius 1 is 1.35 bits per heavy atom. The number of imidazole rings is 1. The summed E-state index contributed by atoms with van der Waals surface area (Å²) in [4.78, 5) is 39.5. The Labute approximate surface area is 114 Å². The fourth-order valence-electron chi connectivity index (χ4n) is 1.46. The predicted molar refractivity (Wildman–Crippen MR) is 67.1 cm³/mol. The van der Waals surface area contributed by atoms with E-state index in [1.54, 1.807) is 12.4 Å². The summed E-state index contributed by atoms with van der Waals surface area (Å²) in [5, 5.41) is 22.0. The Morgan fingerprint density at radius 3 is 2.65 bits per heavy atom. The number of carbonyl (C=O) groups excluding carboxylic acids is 1. The molecule has 0 aromatic carbocycles. The van der Waals surface area contributed by atoms with Gasteiger partial charge in [-0.3, -0.25) is 4.79 Å². The molecule has 9 heteroatoms. The van der Waals surface area contributed by atoms with Crippen LogP contribution in [0, 0.1) is 0 Å². The van der Waals surface area contributed by atoms with Gasteiger partial charge in [0.15, 0.2) is 0 Å². The number of hydrogen-bond acceptors (Lipinski definition) is 4. The van der Waals surface area contributed by atoms with Crippen LogP contribution in [0.3, 0.4) is 0 Å². The molecule has 0 radical (unpaired) electrons. The van der Waals surface area contributed by atoms with Gasteiger partial charge < -0.3 is 25.8 Å². The quantitative estimate of drug-likeness (QED) is 0.438. The fraction of sp³-hybridized carbons (Fsp3) is 0.455. The number of carbonyl (C=O) groups is 3. The van der Waals surface area contributed by atoms with E-state index in [9.17, 15) is 14.4 Å². The monoisotopic (exact) mass is 284 g/mol.